The topological polar surface area (TPSA) is 105 Å². The van der Waals surface area contributed by atoms with Gasteiger partial charge in [0, 0.05) is 10.0 Å². The minimum atomic E-state index is -0.329. The van der Waals surface area contributed by atoms with Gasteiger partial charge in [0.15, 0.2) is 18.1 Å². The van der Waals surface area contributed by atoms with E-state index in [-0.39, 0.29) is 18.4 Å². The molecule has 10 heteroatoms. The first-order valence-corrected chi connectivity index (χ1v) is 11.2. The van der Waals surface area contributed by atoms with Crippen molar-refractivity contribution in [1.29, 1.82) is 0 Å². The van der Waals surface area contributed by atoms with Crippen LogP contribution in [-0.2, 0) is 4.79 Å². The number of halogens is 1. The van der Waals surface area contributed by atoms with Gasteiger partial charge in [-0.25, -0.2) is 0 Å². The first-order valence-electron chi connectivity index (χ1n) is 10.4. The average Bonchev–Trinajstić information content (AvgIpc) is 3.38. The summed E-state index contributed by atoms with van der Waals surface area (Å²) in [6.07, 6.45) is 0. The van der Waals surface area contributed by atoms with Gasteiger partial charge in [-0.15, -0.1) is 0 Å². The summed E-state index contributed by atoms with van der Waals surface area (Å²) < 4.78 is 28.2. The number of hydrogen-bond donors (Lipinski definition) is 1. The van der Waals surface area contributed by atoms with Crippen LogP contribution in [0.2, 0.25) is 0 Å². The van der Waals surface area contributed by atoms with Crippen molar-refractivity contribution in [3.8, 4) is 45.8 Å². The zero-order valence-electron chi connectivity index (χ0n) is 19.2. The Morgan fingerprint density at radius 2 is 1.66 bits per heavy atom. The zero-order valence-corrected chi connectivity index (χ0v) is 20.8. The summed E-state index contributed by atoms with van der Waals surface area (Å²) >= 11 is 3.36. The Bertz CT molecular complexity index is 1300. The molecule has 0 bridgehead atoms. The van der Waals surface area contributed by atoms with Gasteiger partial charge in [-0.1, -0.05) is 33.2 Å². The molecule has 1 amide bonds. The van der Waals surface area contributed by atoms with Crippen LogP contribution >= 0.6 is 15.9 Å². The molecule has 0 aliphatic heterocycles. The van der Waals surface area contributed by atoms with Crippen LogP contribution < -0.4 is 24.3 Å². The molecule has 0 aliphatic carbocycles. The standard InChI is InChI=1S/C25H22BrN3O6/c1-31-20-12-15(13-21(32-2)23(20)33-3)24-28-25(35-29-24)18-6-4-5-7-19(18)27-22(30)14-34-17-10-8-16(26)9-11-17/h4-13H,14H2,1-3H3,(H,27,30). The number of aromatic nitrogens is 2. The van der Waals surface area contributed by atoms with Crippen LogP contribution in [0.5, 0.6) is 23.0 Å². The minimum absolute atomic E-state index is 0.156. The van der Waals surface area contributed by atoms with Gasteiger partial charge in [-0.2, -0.15) is 4.98 Å². The van der Waals surface area contributed by atoms with Crippen molar-refractivity contribution in [3.05, 3.63) is 65.1 Å². The van der Waals surface area contributed by atoms with E-state index in [1.54, 1.807) is 42.5 Å². The van der Waals surface area contributed by atoms with Crippen LogP contribution in [0.1, 0.15) is 0 Å². The summed E-state index contributed by atoms with van der Waals surface area (Å²) in [5, 5.41) is 6.93. The number of methoxy groups -OCH3 is 3. The van der Waals surface area contributed by atoms with E-state index in [4.69, 9.17) is 23.5 Å². The van der Waals surface area contributed by atoms with Crippen molar-refractivity contribution in [3.63, 3.8) is 0 Å². The quantitative estimate of drug-likeness (QED) is 0.309. The van der Waals surface area contributed by atoms with Gasteiger partial charge in [-0.3, -0.25) is 4.79 Å². The van der Waals surface area contributed by atoms with Gasteiger partial charge in [0.1, 0.15) is 5.75 Å². The fourth-order valence-corrected chi connectivity index (χ4v) is 3.57. The van der Waals surface area contributed by atoms with E-state index in [0.29, 0.717) is 45.6 Å². The molecule has 0 aliphatic rings. The van der Waals surface area contributed by atoms with E-state index in [9.17, 15) is 4.79 Å². The maximum atomic E-state index is 12.5. The fourth-order valence-electron chi connectivity index (χ4n) is 3.30. The Kier molecular flexibility index (Phi) is 7.51. The van der Waals surface area contributed by atoms with E-state index in [1.165, 1.54) is 21.3 Å². The van der Waals surface area contributed by atoms with Crippen molar-refractivity contribution < 1.29 is 28.3 Å². The van der Waals surface area contributed by atoms with E-state index < -0.39 is 0 Å². The van der Waals surface area contributed by atoms with Crippen molar-refractivity contribution >= 4 is 27.5 Å². The molecule has 0 saturated heterocycles. The molecule has 4 rings (SSSR count). The molecule has 1 N–H and O–H groups in total. The largest absolute Gasteiger partial charge is 0.493 e. The predicted molar refractivity (Wildman–Crippen MR) is 133 cm³/mol. The average molecular weight is 540 g/mol. The summed E-state index contributed by atoms with van der Waals surface area (Å²) in [5.74, 6) is 2.20. The highest BCUT2D eigenvalue weighted by atomic mass is 79.9. The normalized spacial score (nSPS) is 10.5. The molecule has 3 aromatic carbocycles. The Morgan fingerprint density at radius 3 is 2.31 bits per heavy atom. The third-order valence-electron chi connectivity index (χ3n) is 4.96. The summed E-state index contributed by atoms with van der Waals surface area (Å²) in [6, 6.07) is 17.8. The molecule has 35 heavy (non-hydrogen) atoms. The van der Waals surface area contributed by atoms with E-state index >= 15 is 0 Å². The number of carbonyl (C=O) groups excluding carboxylic acids is 1. The highest BCUT2D eigenvalue weighted by Gasteiger charge is 2.19. The third kappa shape index (κ3) is 5.55. The molecular weight excluding hydrogens is 518 g/mol. The zero-order chi connectivity index (χ0) is 24.8. The van der Waals surface area contributed by atoms with Crippen molar-refractivity contribution in [2.75, 3.05) is 33.3 Å². The Hall–Kier alpha value is -4.05. The van der Waals surface area contributed by atoms with E-state index in [1.807, 2.05) is 18.2 Å². The molecule has 1 heterocycles. The molecule has 0 atom stereocenters. The number of nitrogens with one attached hydrogen (secondary N) is 1. The number of rotatable bonds is 9. The molecule has 0 unspecified atom stereocenters. The van der Waals surface area contributed by atoms with Crippen LogP contribution in [0.15, 0.2) is 69.7 Å². The number of carbonyl (C=O) groups is 1. The van der Waals surface area contributed by atoms with E-state index in [0.717, 1.165) is 4.47 Å². The molecular formula is C25H22BrN3O6. The van der Waals surface area contributed by atoms with Crippen LogP contribution in [0, 0.1) is 0 Å². The molecule has 0 spiro atoms. The number of hydrogen-bond acceptors (Lipinski definition) is 8. The van der Waals surface area contributed by atoms with Crippen LogP contribution in [-0.4, -0.2) is 44.0 Å². The van der Waals surface area contributed by atoms with Gasteiger partial charge >= 0.3 is 0 Å². The first-order chi connectivity index (χ1) is 17.0. The van der Waals surface area contributed by atoms with Gasteiger partial charge < -0.3 is 28.8 Å². The Balaban J connectivity index is 1.54. The SMILES string of the molecule is COc1cc(-c2noc(-c3ccccc3NC(=O)COc3ccc(Br)cc3)n2)cc(OC)c1OC. The highest BCUT2D eigenvalue weighted by Crippen LogP contribution is 2.41. The second-order valence-corrected chi connectivity index (χ2v) is 8.09. The molecule has 0 saturated carbocycles. The predicted octanol–water partition coefficient (Wildman–Crippen LogP) is 5.21. The summed E-state index contributed by atoms with van der Waals surface area (Å²) in [4.78, 5) is 17.0. The number of amides is 1. The summed E-state index contributed by atoms with van der Waals surface area (Å²) in [5.41, 5.74) is 1.69. The highest BCUT2D eigenvalue weighted by molar-refractivity contribution is 9.10. The lowest BCUT2D eigenvalue weighted by Crippen LogP contribution is -2.20. The molecule has 4 aromatic rings. The minimum Gasteiger partial charge on any atom is -0.493 e. The Morgan fingerprint density at radius 1 is 0.971 bits per heavy atom. The number of para-hydroxylation sites is 1. The molecule has 0 radical (unpaired) electrons. The third-order valence-corrected chi connectivity index (χ3v) is 5.49. The maximum Gasteiger partial charge on any atom is 0.262 e. The van der Waals surface area contributed by atoms with Crippen molar-refractivity contribution in [2.24, 2.45) is 0 Å². The second-order valence-electron chi connectivity index (χ2n) is 7.17. The first kappa shape index (κ1) is 24.1. The van der Waals surface area contributed by atoms with Gasteiger partial charge in [-0.05, 0) is 48.5 Å². The van der Waals surface area contributed by atoms with Gasteiger partial charge in [0.05, 0.1) is 32.6 Å². The summed E-state index contributed by atoms with van der Waals surface area (Å²) in [7, 11) is 4.59. The van der Waals surface area contributed by atoms with Gasteiger partial charge in [0.25, 0.3) is 11.8 Å². The van der Waals surface area contributed by atoms with Crippen LogP contribution in [0.4, 0.5) is 5.69 Å². The molecule has 0 fully saturated rings. The summed E-state index contributed by atoms with van der Waals surface area (Å²) in [6.45, 7) is -0.156. The monoisotopic (exact) mass is 539 g/mol. The van der Waals surface area contributed by atoms with E-state index in [2.05, 4.69) is 31.4 Å². The van der Waals surface area contributed by atoms with Crippen LogP contribution in [0.3, 0.4) is 0 Å². The lowest BCUT2D eigenvalue weighted by atomic mass is 10.1. The van der Waals surface area contributed by atoms with Crippen LogP contribution in [0.25, 0.3) is 22.8 Å². The number of benzene rings is 3. The maximum absolute atomic E-state index is 12.5. The fraction of sp³-hybridized carbons (Fsp3) is 0.160. The van der Waals surface area contributed by atoms with Crippen molar-refractivity contribution in [1.82, 2.24) is 10.1 Å². The van der Waals surface area contributed by atoms with Crippen molar-refractivity contribution in [2.45, 2.75) is 0 Å². The number of nitrogens with zero attached hydrogens (tertiary/aromatic N) is 2. The van der Waals surface area contributed by atoms with Gasteiger partial charge in [0.2, 0.25) is 11.6 Å². The smallest absolute Gasteiger partial charge is 0.262 e. The molecule has 1 aromatic heterocycles. The lowest BCUT2D eigenvalue weighted by Gasteiger charge is -2.12. The molecule has 180 valence electrons. The Labute approximate surface area is 210 Å². The second kappa shape index (κ2) is 10.9. The number of ether oxygens (including phenoxy) is 4. The molecule has 9 nitrogen and oxygen atoms in total. The number of anilines is 1. The lowest BCUT2D eigenvalue weighted by molar-refractivity contribution is -0.118.